The molecule has 1 heterocycles. The quantitative estimate of drug-likeness (QED) is 0.716. The van der Waals surface area contributed by atoms with Gasteiger partial charge in [0, 0.05) is 25.6 Å². The lowest BCUT2D eigenvalue weighted by molar-refractivity contribution is -0.0709. The van der Waals surface area contributed by atoms with Crippen LogP contribution >= 0.6 is 0 Å². The summed E-state index contributed by atoms with van der Waals surface area (Å²) in [5.74, 6) is 1.04. The molecule has 1 aromatic heterocycles. The van der Waals surface area contributed by atoms with Gasteiger partial charge < -0.3 is 10.1 Å². The van der Waals surface area contributed by atoms with Crippen molar-refractivity contribution in [1.29, 1.82) is 0 Å². The fraction of sp³-hybridized carbons (Fsp3) is 0.867. The molecule has 116 valence electrons. The Kier molecular flexibility index (Phi) is 7.16. The van der Waals surface area contributed by atoms with Gasteiger partial charge in [0.2, 0.25) is 0 Å². The molecular weight excluding hydrogens is 252 g/mol. The summed E-state index contributed by atoms with van der Waals surface area (Å²) >= 11 is 0. The standard InChI is InChI=1S/C15H30N4O/c1-6-10-19-14(17-12-18-19)11-13(16-5)15(7-2,8-3)20-9-4/h12-13,16H,6-11H2,1-5H3. The van der Waals surface area contributed by atoms with Crippen LogP contribution in [0.4, 0.5) is 0 Å². The Bertz CT molecular complexity index is 374. The zero-order chi connectivity index (χ0) is 15.0. The molecule has 1 unspecified atom stereocenters. The van der Waals surface area contributed by atoms with Gasteiger partial charge in [-0.1, -0.05) is 20.8 Å². The van der Waals surface area contributed by atoms with E-state index < -0.39 is 0 Å². The van der Waals surface area contributed by atoms with Crippen molar-refractivity contribution in [2.75, 3.05) is 13.7 Å². The number of hydrogen-bond donors (Lipinski definition) is 1. The van der Waals surface area contributed by atoms with Crippen molar-refractivity contribution in [2.45, 2.75) is 71.6 Å². The monoisotopic (exact) mass is 282 g/mol. The molecule has 0 saturated carbocycles. The first-order valence-corrected chi connectivity index (χ1v) is 7.85. The lowest BCUT2D eigenvalue weighted by atomic mass is 9.86. The predicted octanol–water partition coefficient (Wildman–Crippen LogP) is 2.41. The predicted molar refractivity (Wildman–Crippen MR) is 81.8 cm³/mol. The van der Waals surface area contributed by atoms with Crippen LogP contribution in [0.15, 0.2) is 6.33 Å². The van der Waals surface area contributed by atoms with Crippen molar-refractivity contribution < 1.29 is 4.74 Å². The highest BCUT2D eigenvalue weighted by molar-refractivity contribution is 4.99. The first kappa shape index (κ1) is 17.1. The van der Waals surface area contributed by atoms with E-state index >= 15 is 0 Å². The van der Waals surface area contributed by atoms with Crippen LogP contribution in [0, 0.1) is 0 Å². The normalized spacial score (nSPS) is 13.7. The molecule has 1 N–H and O–H groups in total. The maximum Gasteiger partial charge on any atom is 0.138 e. The SMILES string of the molecule is CCCn1ncnc1CC(NC)C(CC)(CC)OCC. The second kappa shape index (κ2) is 8.37. The number of nitrogens with one attached hydrogen (secondary N) is 1. The minimum Gasteiger partial charge on any atom is -0.374 e. The van der Waals surface area contributed by atoms with Gasteiger partial charge >= 0.3 is 0 Å². The Morgan fingerprint density at radius 1 is 1.30 bits per heavy atom. The summed E-state index contributed by atoms with van der Waals surface area (Å²) in [6, 6.07) is 0.247. The third-order valence-corrected chi connectivity index (χ3v) is 4.13. The summed E-state index contributed by atoms with van der Waals surface area (Å²) in [7, 11) is 2.00. The molecule has 20 heavy (non-hydrogen) atoms. The highest BCUT2D eigenvalue weighted by Gasteiger charge is 2.36. The summed E-state index contributed by atoms with van der Waals surface area (Å²) in [6.07, 6.45) is 5.55. The van der Waals surface area contributed by atoms with E-state index in [9.17, 15) is 0 Å². The van der Waals surface area contributed by atoms with E-state index in [4.69, 9.17) is 4.74 Å². The molecule has 5 nitrogen and oxygen atoms in total. The van der Waals surface area contributed by atoms with Crippen LogP contribution in [0.3, 0.4) is 0 Å². The Morgan fingerprint density at radius 3 is 2.50 bits per heavy atom. The van der Waals surface area contributed by atoms with Crippen LogP contribution in [-0.2, 0) is 17.7 Å². The van der Waals surface area contributed by atoms with Crippen molar-refractivity contribution in [3.8, 4) is 0 Å². The van der Waals surface area contributed by atoms with Gasteiger partial charge in [-0.2, -0.15) is 5.10 Å². The van der Waals surface area contributed by atoms with Crippen LogP contribution in [-0.4, -0.2) is 40.1 Å². The molecule has 0 spiro atoms. The Labute approximate surface area is 123 Å². The first-order chi connectivity index (χ1) is 9.67. The highest BCUT2D eigenvalue weighted by atomic mass is 16.5. The molecule has 0 aromatic carbocycles. The topological polar surface area (TPSA) is 52.0 Å². The van der Waals surface area contributed by atoms with Crippen LogP contribution in [0.1, 0.15) is 52.8 Å². The molecular formula is C15H30N4O. The van der Waals surface area contributed by atoms with Crippen molar-refractivity contribution in [2.24, 2.45) is 0 Å². The highest BCUT2D eigenvalue weighted by Crippen LogP contribution is 2.27. The van der Waals surface area contributed by atoms with Crippen LogP contribution < -0.4 is 5.32 Å². The van der Waals surface area contributed by atoms with Gasteiger partial charge in [0.25, 0.3) is 0 Å². The van der Waals surface area contributed by atoms with Gasteiger partial charge in [0.15, 0.2) is 0 Å². The summed E-state index contributed by atoms with van der Waals surface area (Å²) in [6.45, 7) is 10.3. The van der Waals surface area contributed by atoms with Gasteiger partial charge in [0.05, 0.1) is 5.60 Å². The van der Waals surface area contributed by atoms with Crippen molar-refractivity contribution in [3.63, 3.8) is 0 Å². The molecule has 0 radical (unpaired) electrons. The molecule has 0 aliphatic heterocycles. The zero-order valence-corrected chi connectivity index (χ0v) is 13.6. The number of nitrogens with zero attached hydrogens (tertiary/aromatic N) is 3. The molecule has 1 aromatic rings. The summed E-state index contributed by atoms with van der Waals surface area (Å²) in [5, 5.41) is 7.74. The molecule has 0 fully saturated rings. The molecule has 1 rings (SSSR count). The van der Waals surface area contributed by atoms with E-state index in [2.05, 4.69) is 43.1 Å². The minimum absolute atomic E-state index is 0.132. The van der Waals surface area contributed by atoms with Crippen LogP contribution in [0.5, 0.6) is 0 Å². The van der Waals surface area contributed by atoms with Crippen molar-refractivity contribution in [1.82, 2.24) is 20.1 Å². The number of likely N-dealkylation sites (N-methyl/N-ethyl adjacent to an activating group) is 1. The smallest absolute Gasteiger partial charge is 0.138 e. The lowest BCUT2D eigenvalue weighted by Gasteiger charge is -2.39. The van der Waals surface area contributed by atoms with Gasteiger partial charge in [-0.25, -0.2) is 4.98 Å². The summed E-state index contributed by atoms with van der Waals surface area (Å²) in [4.78, 5) is 4.42. The van der Waals surface area contributed by atoms with Gasteiger partial charge in [-0.3, -0.25) is 4.68 Å². The third kappa shape index (κ3) is 3.79. The molecule has 0 amide bonds. The average Bonchev–Trinajstić information content (AvgIpc) is 2.90. The number of hydrogen-bond acceptors (Lipinski definition) is 4. The second-order valence-corrected chi connectivity index (χ2v) is 5.15. The maximum absolute atomic E-state index is 6.11. The number of aromatic nitrogens is 3. The maximum atomic E-state index is 6.11. The van der Waals surface area contributed by atoms with Crippen molar-refractivity contribution >= 4 is 0 Å². The lowest BCUT2D eigenvalue weighted by Crippen LogP contribution is -2.52. The van der Waals surface area contributed by atoms with Crippen molar-refractivity contribution in [3.05, 3.63) is 12.2 Å². The average molecular weight is 282 g/mol. The number of rotatable bonds is 10. The molecule has 0 aliphatic rings. The Balaban J connectivity index is 2.91. The third-order valence-electron chi connectivity index (χ3n) is 4.13. The van der Waals surface area contributed by atoms with Gasteiger partial charge in [-0.05, 0) is 33.2 Å². The number of ether oxygens (including phenoxy) is 1. The molecule has 1 atom stereocenters. The molecule has 0 saturated heterocycles. The first-order valence-electron chi connectivity index (χ1n) is 7.85. The Hall–Kier alpha value is -0.940. The second-order valence-electron chi connectivity index (χ2n) is 5.15. The van der Waals surface area contributed by atoms with Gasteiger partial charge in [0.1, 0.15) is 12.2 Å². The largest absolute Gasteiger partial charge is 0.374 e. The molecule has 0 bridgehead atoms. The van der Waals surface area contributed by atoms with E-state index in [1.165, 1.54) is 0 Å². The Morgan fingerprint density at radius 2 is 2.00 bits per heavy atom. The summed E-state index contributed by atoms with van der Waals surface area (Å²) in [5.41, 5.74) is -0.132. The van der Waals surface area contributed by atoms with E-state index in [-0.39, 0.29) is 11.6 Å². The van der Waals surface area contributed by atoms with E-state index in [1.807, 2.05) is 11.7 Å². The summed E-state index contributed by atoms with van der Waals surface area (Å²) < 4.78 is 8.12. The fourth-order valence-electron chi connectivity index (χ4n) is 2.91. The fourth-order valence-corrected chi connectivity index (χ4v) is 2.91. The van der Waals surface area contributed by atoms with Crippen LogP contribution in [0.25, 0.3) is 0 Å². The van der Waals surface area contributed by atoms with E-state index in [0.717, 1.165) is 44.7 Å². The molecule has 0 aliphatic carbocycles. The van der Waals surface area contributed by atoms with Crippen LogP contribution in [0.2, 0.25) is 0 Å². The molecule has 5 heteroatoms. The van der Waals surface area contributed by atoms with Gasteiger partial charge in [-0.15, -0.1) is 0 Å². The van der Waals surface area contributed by atoms with E-state index in [0.29, 0.717) is 0 Å². The van der Waals surface area contributed by atoms with E-state index in [1.54, 1.807) is 6.33 Å². The zero-order valence-electron chi connectivity index (χ0n) is 13.6. The number of aryl methyl sites for hydroxylation is 1. The minimum atomic E-state index is -0.132.